The summed E-state index contributed by atoms with van der Waals surface area (Å²) in [5, 5.41) is 14.0. The van der Waals surface area contributed by atoms with E-state index in [1.807, 2.05) is 17.7 Å². The van der Waals surface area contributed by atoms with Crippen LogP contribution in [0.1, 0.15) is 22.8 Å². The zero-order valence-electron chi connectivity index (χ0n) is 8.98. The molecule has 16 heavy (non-hydrogen) atoms. The van der Waals surface area contributed by atoms with E-state index in [1.54, 1.807) is 23.5 Å². The van der Waals surface area contributed by atoms with Gasteiger partial charge >= 0.3 is 0 Å². The molecular weight excluding hydrogens is 223 g/mol. The molecule has 2 aromatic rings. The van der Waals surface area contributed by atoms with Crippen LogP contribution < -0.4 is 0 Å². The van der Waals surface area contributed by atoms with E-state index in [9.17, 15) is 9.50 Å². The molecule has 0 saturated heterocycles. The number of thiophene rings is 1. The Labute approximate surface area is 98.2 Å². The lowest BCUT2D eigenvalue weighted by Crippen LogP contribution is -2.01. The number of hydrogen-bond donors (Lipinski definition) is 1. The molecule has 0 bridgehead atoms. The molecule has 1 atom stereocenters. The minimum atomic E-state index is -0.503. The first-order valence-corrected chi connectivity index (χ1v) is 6.06. The van der Waals surface area contributed by atoms with Crippen molar-refractivity contribution in [3.8, 4) is 0 Å². The Morgan fingerprint density at radius 2 is 1.94 bits per heavy atom. The van der Waals surface area contributed by atoms with Crippen molar-refractivity contribution in [3.05, 3.63) is 57.5 Å². The average molecular weight is 236 g/mol. The second-order valence-electron chi connectivity index (χ2n) is 3.86. The Balaban J connectivity index is 2.10. The maximum atomic E-state index is 12.7. The molecule has 1 heterocycles. The van der Waals surface area contributed by atoms with Crippen LogP contribution in [0.15, 0.2) is 35.0 Å². The van der Waals surface area contributed by atoms with Crippen LogP contribution in [0.3, 0.4) is 0 Å². The quantitative estimate of drug-likeness (QED) is 0.865. The molecule has 0 fully saturated rings. The molecule has 0 aliphatic heterocycles. The monoisotopic (exact) mass is 236 g/mol. The Morgan fingerprint density at radius 1 is 1.25 bits per heavy atom. The first kappa shape index (κ1) is 11.3. The maximum absolute atomic E-state index is 12.7. The highest BCUT2D eigenvalue weighted by atomic mass is 32.1. The third-order valence-electron chi connectivity index (χ3n) is 2.60. The van der Waals surface area contributed by atoms with E-state index in [-0.39, 0.29) is 5.82 Å². The molecular formula is C13H13FOS. The van der Waals surface area contributed by atoms with Crippen LogP contribution >= 0.6 is 11.3 Å². The van der Waals surface area contributed by atoms with Gasteiger partial charge in [-0.25, -0.2) is 4.39 Å². The lowest BCUT2D eigenvalue weighted by Gasteiger charge is -2.10. The molecule has 84 valence electrons. The van der Waals surface area contributed by atoms with Gasteiger partial charge in [-0.3, -0.25) is 0 Å². The van der Waals surface area contributed by atoms with Gasteiger partial charge in [-0.2, -0.15) is 11.3 Å². The van der Waals surface area contributed by atoms with Gasteiger partial charge in [-0.05, 0) is 46.5 Å². The highest BCUT2D eigenvalue weighted by Gasteiger charge is 2.11. The van der Waals surface area contributed by atoms with Crippen LogP contribution in [0.2, 0.25) is 0 Å². The van der Waals surface area contributed by atoms with Crippen molar-refractivity contribution < 1.29 is 9.50 Å². The van der Waals surface area contributed by atoms with Crippen LogP contribution in [-0.4, -0.2) is 5.11 Å². The standard InChI is InChI=1S/C13H13FOS/c1-9-7-16-8-12(9)13(15)6-10-2-4-11(14)5-3-10/h2-5,7-8,13,15H,6H2,1H3. The number of hydrogen-bond acceptors (Lipinski definition) is 2. The first-order chi connectivity index (χ1) is 7.66. The molecule has 2 rings (SSSR count). The summed E-state index contributed by atoms with van der Waals surface area (Å²) in [5.74, 6) is -0.245. The van der Waals surface area contributed by atoms with E-state index in [0.717, 1.165) is 16.7 Å². The van der Waals surface area contributed by atoms with E-state index in [1.165, 1.54) is 12.1 Å². The second kappa shape index (κ2) is 4.76. The number of aryl methyl sites for hydroxylation is 1. The third kappa shape index (κ3) is 2.49. The van der Waals surface area contributed by atoms with Crippen molar-refractivity contribution in [2.75, 3.05) is 0 Å². The van der Waals surface area contributed by atoms with Crippen LogP contribution in [-0.2, 0) is 6.42 Å². The summed E-state index contributed by atoms with van der Waals surface area (Å²) >= 11 is 1.59. The fourth-order valence-electron chi connectivity index (χ4n) is 1.67. The topological polar surface area (TPSA) is 20.2 Å². The molecule has 0 amide bonds. The SMILES string of the molecule is Cc1cscc1C(O)Cc1ccc(F)cc1. The average Bonchev–Trinajstić information content (AvgIpc) is 2.68. The molecule has 1 aromatic carbocycles. The van der Waals surface area contributed by atoms with Crippen LogP contribution in [0.4, 0.5) is 4.39 Å². The van der Waals surface area contributed by atoms with Crippen molar-refractivity contribution in [1.29, 1.82) is 0 Å². The first-order valence-electron chi connectivity index (χ1n) is 5.12. The number of halogens is 1. The summed E-state index contributed by atoms with van der Waals surface area (Å²) in [7, 11) is 0. The van der Waals surface area contributed by atoms with Gasteiger partial charge in [-0.1, -0.05) is 12.1 Å². The van der Waals surface area contributed by atoms with Gasteiger partial charge in [0, 0.05) is 6.42 Å². The Morgan fingerprint density at radius 3 is 2.50 bits per heavy atom. The highest BCUT2D eigenvalue weighted by Crippen LogP contribution is 2.24. The van der Waals surface area contributed by atoms with E-state index < -0.39 is 6.10 Å². The summed E-state index contributed by atoms with van der Waals surface area (Å²) < 4.78 is 12.7. The summed E-state index contributed by atoms with van der Waals surface area (Å²) in [4.78, 5) is 0. The van der Waals surface area contributed by atoms with Crippen molar-refractivity contribution in [2.45, 2.75) is 19.4 Å². The molecule has 1 unspecified atom stereocenters. The molecule has 1 N–H and O–H groups in total. The molecule has 0 radical (unpaired) electrons. The van der Waals surface area contributed by atoms with E-state index >= 15 is 0 Å². The lowest BCUT2D eigenvalue weighted by molar-refractivity contribution is 0.178. The molecule has 0 saturated carbocycles. The Kier molecular flexibility index (Phi) is 3.36. The minimum Gasteiger partial charge on any atom is -0.388 e. The van der Waals surface area contributed by atoms with Gasteiger partial charge in [0.25, 0.3) is 0 Å². The van der Waals surface area contributed by atoms with Gasteiger partial charge in [0.2, 0.25) is 0 Å². The van der Waals surface area contributed by atoms with Crippen molar-refractivity contribution >= 4 is 11.3 Å². The number of aliphatic hydroxyl groups excluding tert-OH is 1. The summed E-state index contributed by atoms with van der Waals surface area (Å²) in [6.45, 7) is 1.99. The lowest BCUT2D eigenvalue weighted by atomic mass is 10.0. The van der Waals surface area contributed by atoms with Crippen molar-refractivity contribution in [3.63, 3.8) is 0 Å². The largest absolute Gasteiger partial charge is 0.388 e. The fourth-order valence-corrected chi connectivity index (χ4v) is 2.56. The number of rotatable bonds is 3. The summed E-state index contributed by atoms with van der Waals surface area (Å²) in [6.07, 6.45) is 0.0226. The molecule has 3 heteroatoms. The van der Waals surface area contributed by atoms with Crippen LogP contribution in [0, 0.1) is 12.7 Å². The summed E-state index contributed by atoms with van der Waals surface area (Å²) in [5.41, 5.74) is 3.02. The van der Waals surface area contributed by atoms with Crippen LogP contribution in [0.25, 0.3) is 0 Å². The van der Waals surface area contributed by atoms with Gasteiger partial charge in [-0.15, -0.1) is 0 Å². The molecule has 1 aromatic heterocycles. The van der Waals surface area contributed by atoms with E-state index in [4.69, 9.17) is 0 Å². The molecule has 0 spiro atoms. The predicted octanol–water partition coefficient (Wildman–Crippen LogP) is 3.47. The zero-order chi connectivity index (χ0) is 11.5. The minimum absolute atomic E-state index is 0.245. The highest BCUT2D eigenvalue weighted by molar-refractivity contribution is 7.08. The van der Waals surface area contributed by atoms with Crippen molar-refractivity contribution in [2.24, 2.45) is 0 Å². The number of aliphatic hydroxyl groups is 1. The van der Waals surface area contributed by atoms with Gasteiger partial charge in [0.15, 0.2) is 0 Å². The van der Waals surface area contributed by atoms with E-state index in [2.05, 4.69) is 0 Å². The molecule has 0 aliphatic rings. The maximum Gasteiger partial charge on any atom is 0.123 e. The predicted molar refractivity (Wildman–Crippen MR) is 64.1 cm³/mol. The fraction of sp³-hybridized carbons (Fsp3) is 0.231. The van der Waals surface area contributed by atoms with Gasteiger partial charge in [0.05, 0.1) is 6.10 Å². The van der Waals surface area contributed by atoms with Crippen LogP contribution in [0.5, 0.6) is 0 Å². The van der Waals surface area contributed by atoms with Crippen molar-refractivity contribution in [1.82, 2.24) is 0 Å². The Hall–Kier alpha value is -1.19. The number of benzene rings is 1. The smallest absolute Gasteiger partial charge is 0.123 e. The Bertz CT molecular complexity index is 461. The second-order valence-corrected chi connectivity index (χ2v) is 4.60. The summed E-state index contributed by atoms with van der Waals surface area (Å²) in [6, 6.07) is 6.26. The van der Waals surface area contributed by atoms with E-state index in [0.29, 0.717) is 6.42 Å². The van der Waals surface area contributed by atoms with Gasteiger partial charge in [0.1, 0.15) is 5.82 Å². The molecule has 1 nitrogen and oxygen atoms in total. The molecule has 0 aliphatic carbocycles. The van der Waals surface area contributed by atoms with Gasteiger partial charge < -0.3 is 5.11 Å². The normalized spacial score (nSPS) is 12.7. The third-order valence-corrected chi connectivity index (χ3v) is 3.48. The zero-order valence-corrected chi connectivity index (χ0v) is 9.80.